The Morgan fingerprint density at radius 3 is 2.56 bits per heavy atom. The second kappa shape index (κ2) is 11.5. The molecule has 3 aromatic rings. The molecular weight excluding hydrogens is 488 g/mol. The van der Waals surface area contributed by atoms with Crippen molar-refractivity contribution in [3.8, 4) is 5.75 Å². The number of benzene rings is 1. The maximum absolute atomic E-state index is 6.17. The van der Waals surface area contributed by atoms with Crippen LogP contribution in [0.2, 0.25) is 25.7 Å². The topological polar surface area (TPSA) is 83.9 Å². The number of fused-ring (bicyclic) bond motifs is 1. The maximum atomic E-state index is 6.17. The summed E-state index contributed by atoms with van der Waals surface area (Å²) in [6, 6.07) is 14.9. The molecule has 0 fully saturated rings. The molecule has 1 aromatic carbocycles. The Balaban J connectivity index is 1.60. The van der Waals surface area contributed by atoms with Crippen LogP contribution in [0.15, 0.2) is 53.8 Å². The van der Waals surface area contributed by atoms with E-state index in [-0.39, 0.29) is 5.50 Å². The summed E-state index contributed by atoms with van der Waals surface area (Å²) in [7, 11) is 0.484. The first-order valence-electron chi connectivity index (χ1n) is 12.2. The number of pyridine rings is 2. The Labute approximate surface area is 218 Å². The first kappa shape index (κ1) is 26.2. The summed E-state index contributed by atoms with van der Waals surface area (Å²) >= 11 is 1.71. The lowest BCUT2D eigenvalue weighted by Crippen LogP contribution is -2.41. The monoisotopic (exact) mass is 524 g/mol. The van der Waals surface area contributed by atoms with E-state index in [1.807, 2.05) is 42.5 Å². The number of hydrogen-bond donors (Lipinski definition) is 2. The number of anilines is 3. The van der Waals surface area contributed by atoms with Crippen LogP contribution in [0.4, 0.5) is 17.2 Å². The van der Waals surface area contributed by atoms with Crippen molar-refractivity contribution < 1.29 is 9.47 Å². The molecule has 4 rings (SSSR count). The van der Waals surface area contributed by atoms with E-state index in [1.165, 1.54) is 0 Å². The number of ether oxygens (including phenoxy) is 2. The molecule has 36 heavy (non-hydrogen) atoms. The van der Waals surface area contributed by atoms with Crippen LogP contribution in [0.5, 0.6) is 5.75 Å². The molecular formula is C26H36N6O2SSi. The molecule has 8 nitrogen and oxygen atoms in total. The predicted octanol–water partition coefficient (Wildman–Crippen LogP) is 6.09. The highest BCUT2D eigenvalue weighted by atomic mass is 32.2. The van der Waals surface area contributed by atoms with Crippen LogP contribution in [-0.2, 0) is 4.74 Å². The normalized spacial score (nSPS) is 15.6. The van der Waals surface area contributed by atoms with Gasteiger partial charge in [0, 0.05) is 32.5 Å². The lowest BCUT2D eigenvalue weighted by Gasteiger charge is -2.29. The third kappa shape index (κ3) is 6.68. The van der Waals surface area contributed by atoms with Gasteiger partial charge in [-0.15, -0.1) is 0 Å². The molecule has 0 amide bonds. The van der Waals surface area contributed by atoms with Gasteiger partial charge in [-0.3, -0.25) is 10.4 Å². The van der Waals surface area contributed by atoms with E-state index in [4.69, 9.17) is 14.5 Å². The van der Waals surface area contributed by atoms with Crippen molar-refractivity contribution in [2.24, 2.45) is 11.0 Å². The molecule has 0 aliphatic carbocycles. The summed E-state index contributed by atoms with van der Waals surface area (Å²) < 4.78 is 11.4. The number of aromatic nitrogens is 2. The van der Waals surface area contributed by atoms with Gasteiger partial charge in [0.2, 0.25) is 0 Å². The number of rotatable bonds is 11. The molecule has 192 valence electrons. The smallest absolute Gasteiger partial charge is 0.172 e. The maximum Gasteiger partial charge on any atom is 0.172 e. The third-order valence-electron chi connectivity index (χ3n) is 5.75. The minimum Gasteiger partial charge on any atom is -0.497 e. The molecule has 1 aliphatic rings. The van der Waals surface area contributed by atoms with Crippen molar-refractivity contribution in [1.29, 1.82) is 0 Å². The zero-order valence-corrected chi connectivity index (χ0v) is 23.7. The standard InChI is InChI=1S/C26H36N6O2SSi/c1-18(2)25-30-31-26(35-25)32(17-34-15-16-36(4,5)6)23-12-11-21-24(29-23)22(13-14-27-21)28-19-7-9-20(33-3)10-8-19/h7-14,18,26,31H,15-17H2,1-6H3,(H,27,28). The Morgan fingerprint density at radius 1 is 1.11 bits per heavy atom. The molecule has 0 saturated carbocycles. The summed E-state index contributed by atoms with van der Waals surface area (Å²) in [4.78, 5) is 11.7. The lowest BCUT2D eigenvalue weighted by molar-refractivity contribution is 0.143. The van der Waals surface area contributed by atoms with Gasteiger partial charge in [-0.05, 0) is 48.5 Å². The van der Waals surface area contributed by atoms with Crippen LogP contribution in [0.3, 0.4) is 0 Å². The van der Waals surface area contributed by atoms with E-state index in [9.17, 15) is 0 Å². The Morgan fingerprint density at radius 2 is 1.89 bits per heavy atom. The van der Waals surface area contributed by atoms with Gasteiger partial charge in [0.05, 0.1) is 23.4 Å². The van der Waals surface area contributed by atoms with Crippen LogP contribution in [0, 0.1) is 5.92 Å². The van der Waals surface area contributed by atoms with Crippen molar-refractivity contribution in [3.63, 3.8) is 0 Å². The predicted molar refractivity (Wildman–Crippen MR) is 154 cm³/mol. The number of hydrogen-bond acceptors (Lipinski definition) is 9. The SMILES string of the molecule is COc1ccc(Nc2ccnc3ccc(N(COCC[Si](C)(C)C)C4NN=C(C(C)C)S4)nc23)cc1. The van der Waals surface area contributed by atoms with Crippen molar-refractivity contribution in [2.75, 3.05) is 30.7 Å². The molecule has 2 aromatic heterocycles. The van der Waals surface area contributed by atoms with Crippen molar-refractivity contribution in [2.45, 2.75) is 45.0 Å². The molecule has 1 unspecified atom stereocenters. The quantitative estimate of drug-likeness (QED) is 0.177. The summed E-state index contributed by atoms with van der Waals surface area (Å²) in [6.45, 7) is 12.6. The minimum atomic E-state index is -1.18. The number of nitrogens with one attached hydrogen (secondary N) is 2. The zero-order chi connectivity index (χ0) is 25.7. The largest absolute Gasteiger partial charge is 0.497 e. The van der Waals surface area contributed by atoms with Crippen LogP contribution < -0.4 is 20.4 Å². The van der Waals surface area contributed by atoms with Gasteiger partial charge in [-0.25, -0.2) is 4.98 Å². The van der Waals surface area contributed by atoms with Gasteiger partial charge in [0.1, 0.15) is 23.8 Å². The first-order chi connectivity index (χ1) is 17.2. The fraction of sp³-hybridized carbons (Fsp3) is 0.423. The van der Waals surface area contributed by atoms with E-state index < -0.39 is 8.07 Å². The van der Waals surface area contributed by atoms with Crippen LogP contribution in [-0.4, -0.2) is 49.0 Å². The van der Waals surface area contributed by atoms with Crippen molar-refractivity contribution in [1.82, 2.24) is 15.4 Å². The highest BCUT2D eigenvalue weighted by Crippen LogP contribution is 2.31. The second-order valence-corrected chi connectivity index (χ2v) is 17.0. The zero-order valence-electron chi connectivity index (χ0n) is 21.9. The van der Waals surface area contributed by atoms with Gasteiger partial charge in [0.15, 0.2) is 5.50 Å². The van der Waals surface area contributed by atoms with Gasteiger partial charge >= 0.3 is 0 Å². The second-order valence-electron chi connectivity index (χ2n) is 10.3. The van der Waals surface area contributed by atoms with Crippen LogP contribution in [0.25, 0.3) is 11.0 Å². The molecule has 0 saturated heterocycles. The van der Waals surface area contributed by atoms with Crippen molar-refractivity contribution >= 4 is 53.1 Å². The molecule has 3 heterocycles. The van der Waals surface area contributed by atoms with E-state index in [1.54, 1.807) is 25.1 Å². The Bertz CT molecular complexity index is 1200. The van der Waals surface area contributed by atoms with E-state index >= 15 is 0 Å². The van der Waals surface area contributed by atoms with Gasteiger partial charge in [-0.1, -0.05) is 45.3 Å². The molecule has 0 spiro atoms. The Kier molecular flexibility index (Phi) is 8.38. The third-order valence-corrected chi connectivity index (χ3v) is 8.85. The number of thioether (sulfide) groups is 1. The molecule has 1 atom stereocenters. The summed E-state index contributed by atoms with van der Waals surface area (Å²) in [6.07, 6.45) is 1.80. The average Bonchev–Trinajstić information content (AvgIpc) is 3.34. The lowest BCUT2D eigenvalue weighted by atomic mass is 10.2. The highest BCUT2D eigenvalue weighted by molar-refractivity contribution is 8.14. The van der Waals surface area contributed by atoms with Crippen LogP contribution in [0.1, 0.15) is 13.8 Å². The number of methoxy groups -OCH3 is 1. The molecule has 2 N–H and O–H groups in total. The first-order valence-corrected chi connectivity index (χ1v) is 16.8. The van der Waals surface area contributed by atoms with Gasteiger partial charge < -0.3 is 19.7 Å². The minimum absolute atomic E-state index is 0.0890. The summed E-state index contributed by atoms with van der Waals surface area (Å²) in [5.41, 5.74) is 6.65. The van der Waals surface area contributed by atoms with Crippen molar-refractivity contribution in [3.05, 3.63) is 48.7 Å². The van der Waals surface area contributed by atoms with E-state index in [2.05, 4.69) is 59.2 Å². The van der Waals surface area contributed by atoms with E-state index in [0.29, 0.717) is 12.6 Å². The summed E-state index contributed by atoms with van der Waals surface area (Å²) in [5, 5.41) is 9.12. The van der Waals surface area contributed by atoms with Gasteiger partial charge in [-0.2, -0.15) is 5.10 Å². The fourth-order valence-corrected chi connectivity index (χ4v) is 5.35. The van der Waals surface area contributed by atoms with E-state index in [0.717, 1.165) is 51.7 Å². The molecule has 1 aliphatic heterocycles. The van der Waals surface area contributed by atoms with Gasteiger partial charge in [0.25, 0.3) is 0 Å². The van der Waals surface area contributed by atoms with Crippen LogP contribution >= 0.6 is 11.8 Å². The number of nitrogens with zero attached hydrogens (tertiary/aromatic N) is 4. The molecule has 10 heteroatoms. The Hall–Kier alpha value is -2.82. The molecule has 0 bridgehead atoms. The fourth-order valence-electron chi connectivity index (χ4n) is 3.59. The number of hydrazone groups is 1. The molecule has 0 radical (unpaired) electrons. The highest BCUT2D eigenvalue weighted by Gasteiger charge is 2.29. The summed E-state index contributed by atoms with van der Waals surface area (Å²) in [5.74, 6) is 1.98. The average molecular weight is 525 g/mol.